The Labute approximate surface area is 83.4 Å². The fourth-order valence-electron chi connectivity index (χ4n) is 1.10. The monoisotopic (exact) mass is 188 g/mol. The molecular formula is C11H12N2O. The van der Waals surface area contributed by atoms with Crippen LogP contribution in [0, 0.1) is 11.3 Å². The number of nitriles is 1. The number of ether oxygens (including phenoxy) is 1. The Hall–Kier alpha value is -1.95. The van der Waals surface area contributed by atoms with Crippen LogP contribution in [-0.2, 0) is 0 Å². The Morgan fingerprint density at radius 3 is 2.79 bits per heavy atom. The summed E-state index contributed by atoms with van der Waals surface area (Å²) in [5.74, 6) is 0.757. The number of benzene rings is 1. The van der Waals surface area contributed by atoms with E-state index in [9.17, 15) is 0 Å². The van der Waals surface area contributed by atoms with Gasteiger partial charge >= 0.3 is 0 Å². The molecule has 0 aliphatic carbocycles. The van der Waals surface area contributed by atoms with Crippen LogP contribution in [0.5, 0.6) is 5.75 Å². The standard InChI is InChI=1S/C11H12N2O/c1-8(11(13)7-12)9-4-3-5-10(6-9)14-2/h3-6H,13H2,1-2H3/b11-8+. The number of nitrogens with zero attached hydrogens (tertiary/aromatic N) is 1. The molecule has 3 nitrogen and oxygen atoms in total. The molecule has 72 valence electrons. The number of nitrogens with two attached hydrogens (primary N) is 1. The number of hydrogen-bond acceptors (Lipinski definition) is 3. The van der Waals surface area contributed by atoms with E-state index in [1.54, 1.807) is 7.11 Å². The SMILES string of the molecule is COc1cccc(/C(C)=C(/N)C#N)c1. The average Bonchev–Trinajstić information content (AvgIpc) is 2.27. The molecule has 1 rings (SSSR count). The van der Waals surface area contributed by atoms with Crippen LogP contribution < -0.4 is 10.5 Å². The summed E-state index contributed by atoms with van der Waals surface area (Å²) < 4.78 is 5.07. The van der Waals surface area contributed by atoms with Crippen molar-refractivity contribution in [3.63, 3.8) is 0 Å². The molecule has 1 aromatic carbocycles. The van der Waals surface area contributed by atoms with Crippen molar-refractivity contribution < 1.29 is 4.74 Å². The van der Waals surface area contributed by atoms with Crippen molar-refractivity contribution in [3.05, 3.63) is 35.5 Å². The van der Waals surface area contributed by atoms with Crippen LogP contribution in [-0.4, -0.2) is 7.11 Å². The lowest BCUT2D eigenvalue weighted by atomic mass is 10.1. The quantitative estimate of drug-likeness (QED) is 0.721. The van der Waals surface area contributed by atoms with E-state index in [2.05, 4.69) is 0 Å². The molecule has 0 fully saturated rings. The average molecular weight is 188 g/mol. The van der Waals surface area contributed by atoms with E-state index in [1.165, 1.54) is 0 Å². The number of methoxy groups -OCH3 is 1. The van der Waals surface area contributed by atoms with Crippen LogP contribution in [0.4, 0.5) is 0 Å². The second kappa shape index (κ2) is 4.33. The van der Waals surface area contributed by atoms with Crippen molar-refractivity contribution in [2.24, 2.45) is 5.73 Å². The second-order valence-electron chi connectivity index (χ2n) is 2.88. The molecule has 0 bridgehead atoms. The van der Waals surface area contributed by atoms with Crippen LogP contribution in [0.15, 0.2) is 30.0 Å². The Morgan fingerprint density at radius 1 is 1.50 bits per heavy atom. The van der Waals surface area contributed by atoms with E-state index in [4.69, 9.17) is 15.7 Å². The fourth-order valence-corrected chi connectivity index (χ4v) is 1.10. The van der Waals surface area contributed by atoms with Crippen molar-refractivity contribution in [3.8, 4) is 11.8 Å². The van der Waals surface area contributed by atoms with Gasteiger partial charge in [-0.2, -0.15) is 5.26 Å². The molecule has 0 aromatic heterocycles. The summed E-state index contributed by atoms with van der Waals surface area (Å²) in [6.45, 7) is 1.81. The van der Waals surface area contributed by atoms with Crippen LogP contribution in [0.3, 0.4) is 0 Å². The molecular weight excluding hydrogens is 176 g/mol. The van der Waals surface area contributed by atoms with Crippen molar-refractivity contribution in [2.75, 3.05) is 7.11 Å². The maximum absolute atomic E-state index is 8.63. The van der Waals surface area contributed by atoms with Gasteiger partial charge in [-0.3, -0.25) is 0 Å². The van der Waals surface area contributed by atoms with Crippen molar-refractivity contribution in [1.82, 2.24) is 0 Å². The molecule has 2 N–H and O–H groups in total. The largest absolute Gasteiger partial charge is 0.497 e. The molecule has 0 atom stereocenters. The lowest BCUT2D eigenvalue weighted by molar-refractivity contribution is 0.414. The lowest BCUT2D eigenvalue weighted by Gasteiger charge is -2.04. The van der Waals surface area contributed by atoms with Crippen LogP contribution in [0.2, 0.25) is 0 Å². The van der Waals surface area contributed by atoms with E-state index >= 15 is 0 Å². The molecule has 0 aliphatic heterocycles. The summed E-state index contributed by atoms with van der Waals surface area (Å²) in [5, 5.41) is 8.63. The molecule has 0 aliphatic rings. The van der Waals surface area contributed by atoms with Gasteiger partial charge in [0.05, 0.1) is 7.11 Å². The third-order valence-electron chi connectivity index (χ3n) is 2.03. The van der Waals surface area contributed by atoms with E-state index in [-0.39, 0.29) is 5.70 Å². The first kappa shape index (κ1) is 10.1. The molecule has 0 radical (unpaired) electrons. The van der Waals surface area contributed by atoms with Crippen LogP contribution >= 0.6 is 0 Å². The van der Waals surface area contributed by atoms with Gasteiger partial charge in [-0.15, -0.1) is 0 Å². The molecule has 3 heteroatoms. The van der Waals surface area contributed by atoms with Gasteiger partial charge in [-0.1, -0.05) is 12.1 Å². The van der Waals surface area contributed by atoms with Gasteiger partial charge in [0.15, 0.2) is 0 Å². The highest BCUT2D eigenvalue weighted by Gasteiger charge is 2.01. The zero-order chi connectivity index (χ0) is 10.6. The Bertz CT molecular complexity index is 402. The summed E-state index contributed by atoms with van der Waals surface area (Å²) >= 11 is 0. The molecule has 0 spiro atoms. The molecule has 14 heavy (non-hydrogen) atoms. The summed E-state index contributed by atoms with van der Waals surface area (Å²) in [5.41, 5.74) is 7.43. The van der Waals surface area contributed by atoms with Gasteiger partial charge in [0.1, 0.15) is 17.5 Å². The third kappa shape index (κ3) is 2.05. The van der Waals surface area contributed by atoms with Crippen molar-refractivity contribution in [2.45, 2.75) is 6.92 Å². The lowest BCUT2D eigenvalue weighted by Crippen LogP contribution is -1.97. The van der Waals surface area contributed by atoms with Crippen molar-refractivity contribution in [1.29, 1.82) is 5.26 Å². The fraction of sp³-hybridized carbons (Fsp3) is 0.182. The number of hydrogen-bond donors (Lipinski definition) is 1. The summed E-state index contributed by atoms with van der Waals surface area (Å²) in [6, 6.07) is 9.36. The van der Waals surface area contributed by atoms with Gasteiger partial charge in [0, 0.05) is 0 Å². The number of allylic oxidation sites excluding steroid dienone is 2. The second-order valence-corrected chi connectivity index (χ2v) is 2.88. The predicted octanol–water partition coefficient (Wildman–Crippen LogP) is 1.91. The Morgan fingerprint density at radius 2 is 2.21 bits per heavy atom. The van der Waals surface area contributed by atoms with Gasteiger partial charge < -0.3 is 10.5 Å². The first-order valence-corrected chi connectivity index (χ1v) is 4.20. The van der Waals surface area contributed by atoms with Crippen molar-refractivity contribution >= 4 is 5.57 Å². The molecule has 0 saturated heterocycles. The normalized spacial score (nSPS) is 11.5. The first-order chi connectivity index (χ1) is 6.69. The van der Waals surface area contributed by atoms with E-state index in [0.29, 0.717) is 0 Å². The smallest absolute Gasteiger partial charge is 0.119 e. The topological polar surface area (TPSA) is 59.0 Å². The Kier molecular flexibility index (Phi) is 3.14. The molecule has 1 aromatic rings. The molecule has 0 amide bonds. The van der Waals surface area contributed by atoms with Gasteiger partial charge in [-0.25, -0.2) is 0 Å². The maximum atomic E-state index is 8.63. The molecule has 0 saturated carbocycles. The van der Waals surface area contributed by atoms with Gasteiger partial charge in [0.2, 0.25) is 0 Å². The highest BCUT2D eigenvalue weighted by molar-refractivity contribution is 5.70. The van der Waals surface area contributed by atoms with Gasteiger partial charge in [0.25, 0.3) is 0 Å². The minimum atomic E-state index is 0.234. The van der Waals surface area contributed by atoms with E-state index in [0.717, 1.165) is 16.9 Å². The number of rotatable bonds is 2. The first-order valence-electron chi connectivity index (χ1n) is 4.20. The van der Waals surface area contributed by atoms with E-state index in [1.807, 2.05) is 37.3 Å². The minimum Gasteiger partial charge on any atom is -0.497 e. The van der Waals surface area contributed by atoms with Gasteiger partial charge in [-0.05, 0) is 30.2 Å². The predicted molar refractivity (Wildman–Crippen MR) is 55.4 cm³/mol. The zero-order valence-electron chi connectivity index (χ0n) is 8.24. The summed E-state index contributed by atoms with van der Waals surface area (Å²) in [4.78, 5) is 0. The zero-order valence-corrected chi connectivity index (χ0v) is 8.24. The summed E-state index contributed by atoms with van der Waals surface area (Å²) in [7, 11) is 1.60. The molecule has 0 unspecified atom stereocenters. The van der Waals surface area contributed by atoms with Crippen LogP contribution in [0.1, 0.15) is 12.5 Å². The summed E-state index contributed by atoms with van der Waals surface area (Å²) in [6.07, 6.45) is 0. The third-order valence-corrected chi connectivity index (χ3v) is 2.03. The maximum Gasteiger partial charge on any atom is 0.119 e. The highest BCUT2D eigenvalue weighted by atomic mass is 16.5. The van der Waals surface area contributed by atoms with E-state index < -0.39 is 0 Å². The molecule has 0 heterocycles. The Balaban J connectivity index is 3.15. The van der Waals surface area contributed by atoms with Crippen LogP contribution in [0.25, 0.3) is 5.57 Å². The highest BCUT2D eigenvalue weighted by Crippen LogP contribution is 2.20. The minimum absolute atomic E-state index is 0.234.